The normalized spacial score (nSPS) is 11.8. The Morgan fingerprint density at radius 1 is 0.706 bits per heavy atom. The first-order valence-electron chi connectivity index (χ1n) is 4.54. The van der Waals surface area contributed by atoms with Gasteiger partial charge >= 0.3 is 0 Å². The predicted octanol–water partition coefficient (Wildman–Crippen LogP) is -4.67. The van der Waals surface area contributed by atoms with Crippen molar-refractivity contribution in [2.75, 3.05) is 0 Å². The second-order valence-electron chi connectivity index (χ2n) is 3.37. The summed E-state index contributed by atoms with van der Waals surface area (Å²) < 4.78 is 0. The highest BCUT2D eigenvalue weighted by molar-refractivity contribution is 7.08. The molecule has 0 bridgehead atoms. The SMILES string of the molecule is C[Si](c1nnn[nH]1)(c1nnn[nH]1)c1nnn[nH]1. The van der Waals surface area contributed by atoms with Crippen LogP contribution in [0.3, 0.4) is 0 Å². The Kier molecular flexibility index (Phi) is 1.97. The molecule has 13 heteroatoms. The maximum atomic E-state index is 3.91. The van der Waals surface area contributed by atoms with Crippen molar-refractivity contribution in [1.82, 2.24) is 61.9 Å². The van der Waals surface area contributed by atoms with Gasteiger partial charge in [0, 0.05) is 0 Å². The highest BCUT2D eigenvalue weighted by atomic mass is 28.3. The van der Waals surface area contributed by atoms with Crippen LogP contribution in [0.25, 0.3) is 0 Å². The average Bonchev–Trinajstić information content (AvgIpc) is 3.10. The summed E-state index contributed by atoms with van der Waals surface area (Å²) in [6.07, 6.45) is 0. The zero-order chi connectivity index (χ0) is 11.7. The summed E-state index contributed by atoms with van der Waals surface area (Å²) >= 11 is 0. The molecule has 0 aromatic carbocycles. The Morgan fingerprint density at radius 2 is 1.06 bits per heavy atom. The summed E-state index contributed by atoms with van der Waals surface area (Å²) in [5.74, 6) is 0. The van der Waals surface area contributed by atoms with Gasteiger partial charge in [0.15, 0.2) is 0 Å². The van der Waals surface area contributed by atoms with Gasteiger partial charge < -0.3 is 0 Å². The highest BCUT2D eigenvalue weighted by Gasteiger charge is 2.45. The molecule has 0 aliphatic rings. The minimum atomic E-state index is -2.60. The van der Waals surface area contributed by atoms with Crippen LogP contribution in [0, 0.1) is 0 Å². The first kappa shape index (κ1) is 9.64. The molecule has 0 spiro atoms. The van der Waals surface area contributed by atoms with Crippen LogP contribution in [0.4, 0.5) is 0 Å². The molecule has 3 rings (SSSR count). The molecule has 0 saturated carbocycles. The molecule has 3 aromatic rings. The first-order valence-corrected chi connectivity index (χ1v) is 7.04. The molecule has 0 radical (unpaired) electrons. The quantitative estimate of drug-likeness (QED) is 0.387. The number of nitrogens with one attached hydrogen (secondary N) is 3. The van der Waals surface area contributed by atoms with Gasteiger partial charge in [-0.15, -0.1) is 15.3 Å². The molecule has 17 heavy (non-hydrogen) atoms. The Morgan fingerprint density at radius 3 is 1.29 bits per heavy atom. The summed E-state index contributed by atoms with van der Waals surface area (Å²) in [6, 6.07) is 0. The summed E-state index contributed by atoms with van der Waals surface area (Å²) in [6.45, 7) is 1.92. The average molecular weight is 250 g/mol. The van der Waals surface area contributed by atoms with Gasteiger partial charge in [0.2, 0.25) is 0 Å². The summed E-state index contributed by atoms with van der Waals surface area (Å²) in [5.41, 5.74) is 1.65. The summed E-state index contributed by atoms with van der Waals surface area (Å²) in [7, 11) is -2.60. The van der Waals surface area contributed by atoms with E-state index in [0.29, 0.717) is 16.3 Å². The van der Waals surface area contributed by atoms with E-state index >= 15 is 0 Å². The summed E-state index contributed by atoms with van der Waals surface area (Å²) in [4.78, 5) is 0. The van der Waals surface area contributed by atoms with Crippen LogP contribution >= 0.6 is 0 Å². The number of hydrogen-bond donors (Lipinski definition) is 3. The lowest BCUT2D eigenvalue weighted by molar-refractivity contribution is 0.881. The van der Waals surface area contributed by atoms with Crippen LogP contribution in [0.15, 0.2) is 0 Å². The molecule has 12 nitrogen and oxygen atoms in total. The molecule has 0 aliphatic heterocycles. The van der Waals surface area contributed by atoms with E-state index in [0.717, 1.165) is 0 Å². The van der Waals surface area contributed by atoms with E-state index in [1.807, 2.05) is 6.55 Å². The second-order valence-corrected chi connectivity index (χ2v) is 7.05. The minimum Gasteiger partial charge on any atom is -0.246 e. The number of aromatic nitrogens is 12. The third kappa shape index (κ3) is 1.32. The molecule has 0 saturated heterocycles. The van der Waals surface area contributed by atoms with Crippen molar-refractivity contribution in [2.45, 2.75) is 6.55 Å². The van der Waals surface area contributed by atoms with Crippen molar-refractivity contribution in [2.24, 2.45) is 0 Å². The lowest BCUT2D eigenvalue weighted by Crippen LogP contribution is -2.69. The topological polar surface area (TPSA) is 163 Å². The van der Waals surface area contributed by atoms with Gasteiger partial charge in [-0.2, -0.15) is 0 Å². The van der Waals surface area contributed by atoms with Crippen LogP contribution in [0.1, 0.15) is 0 Å². The number of nitrogens with zero attached hydrogens (tertiary/aromatic N) is 9. The second kappa shape index (κ2) is 3.48. The number of H-pyrrole nitrogens is 3. The van der Waals surface area contributed by atoms with Crippen LogP contribution in [-0.4, -0.2) is 69.9 Å². The van der Waals surface area contributed by atoms with Gasteiger partial charge in [-0.3, -0.25) is 0 Å². The third-order valence-electron chi connectivity index (χ3n) is 2.46. The van der Waals surface area contributed by atoms with Gasteiger partial charge in [-0.25, -0.2) is 15.3 Å². The van der Waals surface area contributed by atoms with Crippen LogP contribution in [-0.2, 0) is 0 Å². The molecule has 86 valence electrons. The largest absolute Gasteiger partial charge is 0.287 e. The molecule has 0 amide bonds. The van der Waals surface area contributed by atoms with E-state index in [1.165, 1.54) is 0 Å². The highest BCUT2D eigenvalue weighted by Crippen LogP contribution is 1.94. The fraction of sp³-hybridized carbons (Fsp3) is 0.250. The van der Waals surface area contributed by atoms with E-state index < -0.39 is 8.07 Å². The minimum absolute atomic E-state index is 0.551. The number of tetrazole rings is 3. The van der Waals surface area contributed by atoms with Gasteiger partial charge in [-0.05, 0) is 37.8 Å². The Hall–Kier alpha value is -2.57. The fourth-order valence-corrected chi connectivity index (χ4v) is 3.68. The van der Waals surface area contributed by atoms with Crippen molar-refractivity contribution >= 4 is 24.4 Å². The van der Waals surface area contributed by atoms with Crippen molar-refractivity contribution in [3.8, 4) is 0 Å². The number of rotatable bonds is 3. The smallest absolute Gasteiger partial charge is 0.246 e. The summed E-state index contributed by atoms with van der Waals surface area (Å²) in [5, 5.41) is 41.2. The fourth-order valence-electron chi connectivity index (χ4n) is 1.45. The molecular formula is C4H6N12Si. The molecule has 0 unspecified atom stereocenters. The van der Waals surface area contributed by atoms with Gasteiger partial charge in [0.25, 0.3) is 8.07 Å². The Bertz CT molecular complexity index is 482. The molecule has 0 atom stereocenters. The Labute approximate surface area is 93.6 Å². The predicted molar refractivity (Wildman–Crippen MR) is 53.1 cm³/mol. The van der Waals surface area contributed by atoms with Crippen molar-refractivity contribution < 1.29 is 0 Å². The number of hydrogen-bond acceptors (Lipinski definition) is 9. The number of aromatic amines is 3. The first-order chi connectivity index (χ1) is 8.32. The van der Waals surface area contributed by atoms with E-state index in [4.69, 9.17) is 0 Å². The lowest BCUT2D eigenvalue weighted by atomic mass is 11.3. The molecule has 3 aromatic heterocycles. The van der Waals surface area contributed by atoms with E-state index in [-0.39, 0.29) is 0 Å². The standard InChI is InChI=1S/C4H6N12Si/c1-17(2-5-11-12-6-2,3-7-13-14-8-3)4-9-15-16-10-4/h1H3,(H,5,6,11,12)(H,7,8,13,14)(H,9,10,15,16). The molecule has 0 fully saturated rings. The zero-order valence-electron chi connectivity index (χ0n) is 8.52. The van der Waals surface area contributed by atoms with Crippen molar-refractivity contribution in [1.29, 1.82) is 0 Å². The zero-order valence-corrected chi connectivity index (χ0v) is 9.52. The maximum Gasteiger partial charge on any atom is 0.287 e. The lowest BCUT2D eigenvalue weighted by Gasteiger charge is -2.15. The monoisotopic (exact) mass is 250 g/mol. The molecule has 3 N–H and O–H groups in total. The van der Waals surface area contributed by atoms with Gasteiger partial charge in [0.05, 0.1) is 0 Å². The van der Waals surface area contributed by atoms with E-state index in [2.05, 4.69) is 61.9 Å². The van der Waals surface area contributed by atoms with Crippen molar-refractivity contribution in [3.63, 3.8) is 0 Å². The van der Waals surface area contributed by atoms with Crippen LogP contribution < -0.4 is 16.3 Å². The van der Waals surface area contributed by atoms with Crippen LogP contribution in [0.5, 0.6) is 0 Å². The van der Waals surface area contributed by atoms with Gasteiger partial charge in [0.1, 0.15) is 16.3 Å². The van der Waals surface area contributed by atoms with Gasteiger partial charge in [-0.1, -0.05) is 0 Å². The maximum absolute atomic E-state index is 3.91. The third-order valence-corrected chi connectivity index (χ3v) is 5.93. The molecule has 3 heterocycles. The van der Waals surface area contributed by atoms with Crippen LogP contribution in [0.2, 0.25) is 6.55 Å². The Balaban J connectivity index is 2.21. The van der Waals surface area contributed by atoms with E-state index in [9.17, 15) is 0 Å². The molecular weight excluding hydrogens is 244 g/mol. The van der Waals surface area contributed by atoms with Crippen molar-refractivity contribution in [3.05, 3.63) is 0 Å². The van der Waals surface area contributed by atoms with E-state index in [1.54, 1.807) is 0 Å². The molecule has 0 aliphatic carbocycles.